The fraction of sp³-hybridized carbons (Fsp3) is 0.103. The maximum Gasteiger partial charge on any atom is 0.280 e. The molecule has 2 heterocycles. The van der Waals surface area contributed by atoms with Gasteiger partial charge in [-0.3, -0.25) is 9.78 Å². The van der Waals surface area contributed by atoms with Gasteiger partial charge >= 0.3 is 0 Å². The molecule has 3 aromatic carbocycles. The van der Waals surface area contributed by atoms with Crippen LogP contribution in [0.15, 0.2) is 102 Å². The number of hydrogen-bond acceptors (Lipinski definition) is 5. The molecule has 0 fully saturated rings. The maximum atomic E-state index is 12.7. The minimum Gasteiger partial charge on any atom is -0.479 e. The summed E-state index contributed by atoms with van der Waals surface area (Å²) < 4.78 is 7.70. The highest BCUT2D eigenvalue weighted by atomic mass is 16.5. The molecule has 5 rings (SSSR count). The largest absolute Gasteiger partial charge is 0.479 e. The number of nitrogens with zero attached hydrogens (tertiary/aromatic N) is 4. The van der Waals surface area contributed by atoms with E-state index in [2.05, 4.69) is 15.5 Å². The molecule has 0 aliphatic heterocycles. The molecule has 0 unspecified atom stereocenters. The van der Waals surface area contributed by atoms with Crippen LogP contribution >= 0.6 is 0 Å². The molecule has 7 nitrogen and oxygen atoms in total. The van der Waals surface area contributed by atoms with E-state index in [0.717, 1.165) is 27.9 Å². The van der Waals surface area contributed by atoms with E-state index >= 15 is 0 Å². The number of hydrogen-bond donors (Lipinski definition) is 1. The molecule has 1 N–H and O–H groups in total. The smallest absolute Gasteiger partial charge is 0.280 e. The second-order valence-corrected chi connectivity index (χ2v) is 8.40. The number of rotatable bonds is 7. The Labute approximate surface area is 209 Å². The molecule has 36 heavy (non-hydrogen) atoms. The second-order valence-electron chi connectivity index (χ2n) is 8.40. The first kappa shape index (κ1) is 23.0. The minimum absolute atomic E-state index is 0.369. The molecule has 0 saturated heterocycles. The first-order valence-corrected chi connectivity index (χ1v) is 11.6. The van der Waals surface area contributed by atoms with Gasteiger partial charge in [0.2, 0.25) is 0 Å². The summed E-state index contributed by atoms with van der Waals surface area (Å²) in [6.07, 6.45) is 4.43. The van der Waals surface area contributed by atoms with Crippen LogP contribution in [0.2, 0.25) is 0 Å². The van der Waals surface area contributed by atoms with Crippen molar-refractivity contribution in [2.45, 2.75) is 20.0 Å². The first-order valence-electron chi connectivity index (χ1n) is 11.6. The zero-order chi connectivity index (χ0) is 24.9. The van der Waals surface area contributed by atoms with Crippen LogP contribution in [0.5, 0.6) is 5.75 Å². The van der Waals surface area contributed by atoms with Gasteiger partial charge in [-0.2, -0.15) is 10.2 Å². The maximum absolute atomic E-state index is 12.7. The monoisotopic (exact) mass is 475 g/mol. The summed E-state index contributed by atoms with van der Waals surface area (Å²) >= 11 is 0. The molecule has 7 heteroatoms. The number of benzene rings is 3. The number of hydrazone groups is 1. The van der Waals surface area contributed by atoms with E-state index in [1.807, 2.05) is 92.0 Å². The molecule has 178 valence electrons. The zero-order valence-electron chi connectivity index (χ0n) is 20.0. The van der Waals surface area contributed by atoms with Crippen molar-refractivity contribution in [3.05, 3.63) is 108 Å². The van der Waals surface area contributed by atoms with Crippen molar-refractivity contribution in [3.63, 3.8) is 0 Å². The Bertz CT molecular complexity index is 1520. The molecule has 1 amide bonds. The number of ether oxygens (including phenoxy) is 1. The third-order valence-corrected chi connectivity index (χ3v) is 5.74. The van der Waals surface area contributed by atoms with Gasteiger partial charge in [0.1, 0.15) is 17.0 Å². The van der Waals surface area contributed by atoms with Crippen molar-refractivity contribution in [2.75, 3.05) is 0 Å². The highest BCUT2D eigenvalue weighted by Gasteiger charge is 2.16. The van der Waals surface area contributed by atoms with Crippen LogP contribution in [0.4, 0.5) is 0 Å². The van der Waals surface area contributed by atoms with Crippen LogP contribution in [0.3, 0.4) is 0 Å². The standard InChI is InChI=1S/C29H25N5O2/c1-20-13-15-23(16-14-20)27-24(19-34(33-27)25-10-4-3-5-11-25)18-31-32-29(35)21(2)36-26-12-6-8-22-9-7-17-30-28(22)26/h3-19,21H,1-2H3,(H,32,35)/b31-18-/t21-/m1/s1. The van der Waals surface area contributed by atoms with Crippen LogP contribution in [-0.2, 0) is 4.79 Å². The quantitative estimate of drug-likeness (QED) is 0.255. The second kappa shape index (κ2) is 10.2. The lowest BCUT2D eigenvalue weighted by molar-refractivity contribution is -0.127. The van der Waals surface area contributed by atoms with Crippen molar-refractivity contribution in [1.29, 1.82) is 0 Å². The number of fused-ring (bicyclic) bond motifs is 1. The van der Waals surface area contributed by atoms with E-state index in [0.29, 0.717) is 11.3 Å². The highest BCUT2D eigenvalue weighted by Crippen LogP contribution is 2.25. The Morgan fingerprint density at radius 3 is 2.58 bits per heavy atom. The molecule has 0 aliphatic carbocycles. The highest BCUT2D eigenvalue weighted by molar-refractivity contribution is 5.90. The normalized spacial score (nSPS) is 12.1. The van der Waals surface area contributed by atoms with Gasteiger partial charge in [0.15, 0.2) is 6.10 Å². The fourth-order valence-electron chi connectivity index (χ4n) is 3.80. The average molecular weight is 476 g/mol. The van der Waals surface area contributed by atoms with E-state index < -0.39 is 6.10 Å². The molecule has 1 atom stereocenters. The van der Waals surface area contributed by atoms with Crippen molar-refractivity contribution in [2.24, 2.45) is 5.10 Å². The van der Waals surface area contributed by atoms with Gasteiger partial charge in [-0.1, -0.05) is 66.2 Å². The van der Waals surface area contributed by atoms with Crippen LogP contribution < -0.4 is 10.2 Å². The van der Waals surface area contributed by atoms with E-state index in [1.165, 1.54) is 5.56 Å². The number of carbonyl (C=O) groups excluding carboxylic acids is 1. The van der Waals surface area contributed by atoms with Crippen molar-refractivity contribution in [3.8, 4) is 22.7 Å². The fourth-order valence-corrected chi connectivity index (χ4v) is 3.80. The Hall–Kier alpha value is -4.78. The number of carbonyl (C=O) groups is 1. The number of nitrogens with one attached hydrogen (secondary N) is 1. The molecule has 0 radical (unpaired) electrons. The van der Waals surface area contributed by atoms with Crippen molar-refractivity contribution in [1.82, 2.24) is 20.2 Å². The third kappa shape index (κ3) is 5.00. The Balaban J connectivity index is 1.34. The summed E-state index contributed by atoms with van der Waals surface area (Å²) in [5, 5.41) is 9.93. The predicted octanol–water partition coefficient (Wildman–Crippen LogP) is 5.31. The summed E-state index contributed by atoms with van der Waals surface area (Å²) in [5.74, 6) is 0.178. The van der Waals surface area contributed by atoms with Gasteiger partial charge in [-0.15, -0.1) is 0 Å². The molecular formula is C29H25N5O2. The Morgan fingerprint density at radius 1 is 1.00 bits per heavy atom. The molecule has 0 aliphatic rings. The third-order valence-electron chi connectivity index (χ3n) is 5.74. The Morgan fingerprint density at radius 2 is 1.78 bits per heavy atom. The lowest BCUT2D eigenvalue weighted by Gasteiger charge is -2.14. The van der Waals surface area contributed by atoms with Crippen LogP contribution in [0.25, 0.3) is 27.8 Å². The van der Waals surface area contributed by atoms with Crippen molar-refractivity contribution < 1.29 is 9.53 Å². The molecule has 0 saturated carbocycles. The van der Waals surface area contributed by atoms with Crippen LogP contribution in [0, 0.1) is 6.92 Å². The first-order chi connectivity index (χ1) is 17.6. The van der Waals surface area contributed by atoms with Gasteiger partial charge in [-0.05, 0) is 38.1 Å². The van der Waals surface area contributed by atoms with Gasteiger partial charge in [0.25, 0.3) is 5.91 Å². The predicted molar refractivity (Wildman–Crippen MR) is 141 cm³/mol. The number of amides is 1. The molecule has 0 spiro atoms. The van der Waals surface area contributed by atoms with Gasteiger partial charge in [0, 0.05) is 28.9 Å². The summed E-state index contributed by atoms with van der Waals surface area (Å²) in [5.41, 5.74) is 7.89. The van der Waals surface area contributed by atoms with Crippen LogP contribution in [0.1, 0.15) is 18.1 Å². The van der Waals surface area contributed by atoms with E-state index in [4.69, 9.17) is 9.84 Å². The van der Waals surface area contributed by atoms with E-state index in [1.54, 1.807) is 30.1 Å². The van der Waals surface area contributed by atoms with E-state index in [9.17, 15) is 4.79 Å². The zero-order valence-corrected chi connectivity index (χ0v) is 20.0. The number of aromatic nitrogens is 3. The van der Waals surface area contributed by atoms with Crippen LogP contribution in [-0.4, -0.2) is 33.0 Å². The molecule has 5 aromatic rings. The lowest BCUT2D eigenvalue weighted by Crippen LogP contribution is -2.33. The SMILES string of the molecule is Cc1ccc(-c2nn(-c3ccccc3)cc2/C=N\NC(=O)[C@@H](C)Oc2cccc3cccnc23)cc1. The lowest BCUT2D eigenvalue weighted by atomic mass is 10.1. The average Bonchev–Trinajstić information content (AvgIpc) is 3.34. The number of aryl methyl sites for hydroxylation is 1. The summed E-state index contributed by atoms with van der Waals surface area (Å²) in [6.45, 7) is 3.72. The number of pyridine rings is 1. The molecule has 2 aromatic heterocycles. The van der Waals surface area contributed by atoms with Gasteiger partial charge < -0.3 is 4.74 Å². The number of para-hydroxylation sites is 2. The van der Waals surface area contributed by atoms with Gasteiger partial charge in [0.05, 0.1) is 11.9 Å². The molecular weight excluding hydrogens is 450 g/mol. The molecule has 0 bridgehead atoms. The van der Waals surface area contributed by atoms with E-state index in [-0.39, 0.29) is 5.91 Å². The summed E-state index contributed by atoms with van der Waals surface area (Å²) in [6, 6.07) is 27.4. The minimum atomic E-state index is -0.765. The summed E-state index contributed by atoms with van der Waals surface area (Å²) in [4.78, 5) is 17.1. The Kier molecular flexibility index (Phi) is 6.53. The summed E-state index contributed by atoms with van der Waals surface area (Å²) in [7, 11) is 0. The van der Waals surface area contributed by atoms with Crippen molar-refractivity contribution >= 4 is 23.0 Å². The topological polar surface area (TPSA) is 81.4 Å². The van der Waals surface area contributed by atoms with Gasteiger partial charge in [-0.25, -0.2) is 10.1 Å².